The lowest BCUT2D eigenvalue weighted by Gasteiger charge is -2.18. The number of hydrogen-bond acceptors (Lipinski definition) is 5. The number of rotatable bonds is 7. The second kappa shape index (κ2) is 8.10. The summed E-state index contributed by atoms with van der Waals surface area (Å²) in [6.45, 7) is 5.44. The first-order chi connectivity index (χ1) is 9.24. The predicted molar refractivity (Wildman–Crippen MR) is 71.4 cm³/mol. The molecule has 0 radical (unpaired) electrons. The van der Waals surface area contributed by atoms with Crippen LogP contribution in [0.2, 0.25) is 0 Å². The van der Waals surface area contributed by atoms with Gasteiger partial charge < -0.3 is 14.8 Å². The van der Waals surface area contributed by atoms with E-state index in [9.17, 15) is 0 Å². The summed E-state index contributed by atoms with van der Waals surface area (Å²) < 4.78 is 10.8. The van der Waals surface area contributed by atoms with E-state index >= 15 is 0 Å². The Labute approximate surface area is 113 Å². The van der Waals surface area contributed by atoms with Crippen LogP contribution in [0.25, 0.3) is 0 Å². The minimum Gasteiger partial charge on any atom is -0.380 e. The zero-order chi connectivity index (χ0) is 14.1. The van der Waals surface area contributed by atoms with Crippen LogP contribution in [-0.4, -0.2) is 26.0 Å². The predicted octanol–water partition coefficient (Wildman–Crippen LogP) is 2.24. The van der Waals surface area contributed by atoms with Gasteiger partial charge in [-0.25, -0.2) is 0 Å². The van der Waals surface area contributed by atoms with E-state index in [1.165, 1.54) is 0 Å². The normalized spacial score (nSPS) is 9.95. The van der Waals surface area contributed by atoms with Crippen molar-refractivity contribution < 1.29 is 9.47 Å². The van der Waals surface area contributed by atoms with Crippen molar-refractivity contribution in [2.45, 2.75) is 20.1 Å². The molecule has 0 unspecified atom stereocenters. The van der Waals surface area contributed by atoms with E-state index in [2.05, 4.69) is 5.32 Å². The van der Waals surface area contributed by atoms with Crippen molar-refractivity contribution in [2.24, 2.45) is 0 Å². The van der Waals surface area contributed by atoms with Gasteiger partial charge in [-0.2, -0.15) is 10.5 Å². The molecule has 1 aromatic carbocycles. The molecule has 5 nitrogen and oxygen atoms in total. The van der Waals surface area contributed by atoms with Crippen molar-refractivity contribution in [3.8, 4) is 12.1 Å². The summed E-state index contributed by atoms with van der Waals surface area (Å²) in [5.41, 5.74) is 1.50. The number of ether oxygens (including phenoxy) is 2. The van der Waals surface area contributed by atoms with Crippen molar-refractivity contribution in [3.05, 3.63) is 29.3 Å². The lowest BCUT2D eigenvalue weighted by atomic mass is 10.1. The average Bonchev–Trinajstić information content (AvgIpc) is 2.44. The summed E-state index contributed by atoms with van der Waals surface area (Å²) in [6.07, 6.45) is -0.323. The maximum Gasteiger partial charge on any atom is 0.174 e. The fourth-order valence-corrected chi connectivity index (χ4v) is 1.58. The van der Waals surface area contributed by atoms with Crippen molar-refractivity contribution in [2.75, 3.05) is 25.1 Å². The monoisotopic (exact) mass is 259 g/mol. The van der Waals surface area contributed by atoms with Crippen molar-refractivity contribution in [1.82, 2.24) is 0 Å². The third-order valence-electron chi connectivity index (χ3n) is 2.44. The van der Waals surface area contributed by atoms with Crippen molar-refractivity contribution in [3.63, 3.8) is 0 Å². The molecule has 0 heterocycles. The van der Waals surface area contributed by atoms with Crippen LogP contribution < -0.4 is 5.32 Å². The van der Waals surface area contributed by atoms with E-state index in [4.69, 9.17) is 20.0 Å². The molecule has 5 heteroatoms. The molecule has 0 aliphatic heterocycles. The molecule has 0 atom stereocenters. The maximum atomic E-state index is 8.94. The third-order valence-corrected chi connectivity index (χ3v) is 2.44. The molecule has 1 aromatic rings. The largest absolute Gasteiger partial charge is 0.380 e. The van der Waals surface area contributed by atoms with Gasteiger partial charge in [-0.1, -0.05) is 0 Å². The summed E-state index contributed by atoms with van der Waals surface area (Å²) in [5.74, 6) is 0. The lowest BCUT2D eigenvalue weighted by molar-refractivity contribution is -0.126. The number of nitrogens with one attached hydrogen (secondary N) is 1. The molecule has 1 rings (SSSR count). The molecule has 0 fully saturated rings. The van der Waals surface area contributed by atoms with Crippen LogP contribution in [0.15, 0.2) is 18.2 Å². The van der Waals surface area contributed by atoms with Crippen LogP contribution >= 0.6 is 0 Å². The number of nitriles is 2. The standard InChI is InChI=1S/C14H17N3O2/c1-3-18-14(19-4-2)10-17-13-6-5-11(8-15)12(7-13)9-16/h5-7,14,17H,3-4,10H2,1-2H3. The zero-order valence-corrected chi connectivity index (χ0v) is 11.1. The Morgan fingerprint density at radius 2 is 1.74 bits per heavy atom. The summed E-state index contributed by atoms with van der Waals surface area (Å²) in [4.78, 5) is 0. The minimum absolute atomic E-state index is 0.323. The highest BCUT2D eigenvalue weighted by Crippen LogP contribution is 2.14. The van der Waals surface area contributed by atoms with E-state index in [0.29, 0.717) is 30.9 Å². The van der Waals surface area contributed by atoms with Gasteiger partial charge in [0.2, 0.25) is 0 Å². The van der Waals surface area contributed by atoms with Crippen LogP contribution in [0.5, 0.6) is 0 Å². The van der Waals surface area contributed by atoms with Crippen LogP contribution in [0.3, 0.4) is 0 Å². The smallest absolute Gasteiger partial charge is 0.174 e. The van der Waals surface area contributed by atoms with E-state index in [1.54, 1.807) is 18.2 Å². The molecule has 0 saturated heterocycles. The first-order valence-corrected chi connectivity index (χ1v) is 6.16. The zero-order valence-electron chi connectivity index (χ0n) is 11.1. The molecule has 0 spiro atoms. The highest BCUT2D eigenvalue weighted by Gasteiger charge is 2.08. The molecule has 0 aliphatic rings. The second-order valence-corrected chi connectivity index (χ2v) is 3.71. The topological polar surface area (TPSA) is 78.1 Å². The first kappa shape index (κ1) is 15.0. The Morgan fingerprint density at radius 1 is 1.11 bits per heavy atom. The molecular formula is C14H17N3O2. The van der Waals surface area contributed by atoms with E-state index in [0.717, 1.165) is 5.69 Å². The van der Waals surface area contributed by atoms with Gasteiger partial charge in [-0.05, 0) is 32.0 Å². The van der Waals surface area contributed by atoms with Gasteiger partial charge in [0.15, 0.2) is 6.29 Å². The molecule has 0 saturated carbocycles. The van der Waals surface area contributed by atoms with Gasteiger partial charge in [0, 0.05) is 18.9 Å². The number of benzene rings is 1. The molecule has 0 amide bonds. The van der Waals surface area contributed by atoms with E-state index in [1.807, 2.05) is 26.0 Å². The van der Waals surface area contributed by atoms with Gasteiger partial charge >= 0.3 is 0 Å². The molecule has 0 aliphatic carbocycles. The van der Waals surface area contributed by atoms with E-state index < -0.39 is 0 Å². The molecule has 19 heavy (non-hydrogen) atoms. The molecule has 100 valence electrons. The number of hydrogen-bond donors (Lipinski definition) is 1. The number of nitrogens with zero attached hydrogens (tertiary/aromatic N) is 2. The maximum absolute atomic E-state index is 8.94. The summed E-state index contributed by atoms with van der Waals surface area (Å²) in [7, 11) is 0. The Bertz CT molecular complexity index is 482. The van der Waals surface area contributed by atoms with Crippen LogP contribution in [-0.2, 0) is 9.47 Å². The van der Waals surface area contributed by atoms with Crippen molar-refractivity contribution >= 4 is 5.69 Å². The van der Waals surface area contributed by atoms with Gasteiger partial charge in [-0.15, -0.1) is 0 Å². The third kappa shape index (κ3) is 4.59. The van der Waals surface area contributed by atoms with Crippen molar-refractivity contribution in [1.29, 1.82) is 10.5 Å². The number of anilines is 1. The Hall–Kier alpha value is -2.08. The Morgan fingerprint density at radius 3 is 2.26 bits per heavy atom. The fraction of sp³-hybridized carbons (Fsp3) is 0.429. The SMILES string of the molecule is CCOC(CNc1ccc(C#N)c(C#N)c1)OCC. The Balaban J connectivity index is 2.67. The quantitative estimate of drug-likeness (QED) is 0.760. The first-order valence-electron chi connectivity index (χ1n) is 6.16. The summed E-state index contributed by atoms with van der Waals surface area (Å²) in [5, 5.41) is 20.9. The minimum atomic E-state index is -0.323. The van der Waals surface area contributed by atoms with Crippen LogP contribution in [0, 0.1) is 22.7 Å². The molecule has 0 bridgehead atoms. The molecule has 1 N–H and O–H groups in total. The second-order valence-electron chi connectivity index (χ2n) is 3.71. The Kier molecular flexibility index (Phi) is 6.38. The van der Waals surface area contributed by atoms with Crippen LogP contribution in [0.4, 0.5) is 5.69 Å². The van der Waals surface area contributed by atoms with Gasteiger partial charge in [0.25, 0.3) is 0 Å². The summed E-state index contributed by atoms with van der Waals surface area (Å²) >= 11 is 0. The van der Waals surface area contributed by atoms with Gasteiger partial charge in [0.1, 0.15) is 12.1 Å². The van der Waals surface area contributed by atoms with E-state index in [-0.39, 0.29) is 6.29 Å². The molecular weight excluding hydrogens is 242 g/mol. The highest BCUT2D eigenvalue weighted by atomic mass is 16.7. The lowest BCUT2D eigenvalue weighted by Crippen LogP contribution is -2.26. The highest BCUT2D eigenvalue weighted by molar-refractivity contribution is 5.56. The summed E-state index contributed by atoms with van der Waals surface area (Å²) in [6, 6.07) is 9.01. The average molecular weight is 259 g/mol. The van der Waals surface area contributed by atoms with Gasteiger partial charge in [0.05, 0.1) is 17.7 Å². The van der Waals surface area contributed by atoms with Gasteiger partial charge in [-0.3, -0.25) is 0 Å². The molecule has 0 aromatic heterocycles. The van der Waals surface area contributed by atoms with Crippen LogP contribution in [0.1, 0.15) is 25.0 Å². The fourth-order valence-electron chi connectivity index (χ4n) is 1.58.